The Morgan fingerprint density at radius 3 is 2.44 bits per heavy atom. The topological polar surface area (TPSA) is 15.3 Å². The first kappa shape index (κ1) is 12.4. The lowest BCUT2D eigenvalue weighted by atomic mass is 9.88. The fourth-order valence-electron chi connectivity index (χ4n) is 3.29. The van der Waals surface area contributed by atoms with Gasteiger partial charge in [0, 0.05) is 18.1 Å². The molecule has 0 amide bonds. The normalized spacial score (nSPS) is 30.9. The Morgan fingerprint density at radius 1 is 1.06 bits per heavy atom. The van der Waals surface area contributed by atoms with E-state index in [4.69, 9.17) is 0 Å². The van der Waals surface area contributed by atoms with Crippen LogP contribution in [-0.2, 0) is 0 Å². The fraction of sp³-hybridized carbons (Fsp3) is 1.00. The Kier molecular flexibility index (Phi) is 4.66. The molecule has 2 atom stereocenters. The molecule has 2 rings (SSSR count). The van der Waals surface area contributed by atoms with Crippen LogP contribution in [0.15, 0.2) is 0 Å². The molecule has 0 saturated heterocycles. The molecule has 0 bridgehead atoms. The van der Waals surface area contributed by atoms with E-state index in [1.54, 1.807) is 0 Å². The van der Waals surface area contributed by atoms with Gasteiger partial charge in [-0.25, -0.2) is 0 Å². The van der Waals surface area contributed by atoms with Gasteiger partial charge in [0.1, 0.15) is 0 Å². The Hall–Kier alpha value is -0.0800. The molecule has 2 saturated carbocycles. The number of nitrogens with zero attached hydrogens (tertiary/aromatic N) is 1. The summed E-state index contributed by atoms with van der Waals surface area (Å²) in [5, 5.41) is 3.71. The highest BCUT2D eigenvalue weighted by Gasteiger charge is 2.37. The third kappa shape index (κ3) is 2.98. The van der Waals surface area contributed by atoms with Crippen LogP contribution in [0.5, 0.6) is 0 Å². The second kappa shape index (κ2) is 6.02. The molecule has 1 N–H and O–H groups in total. The molecule has 2 heteroatoms. The van der Waals surface area contributed by atoms with Crippen LogP contribution < -0.4 is 5.32 Å². The monoisotopic (exact) mass is 224 g/mol. The second-order valence-corrected chi connectivity index (χ2v) is 5.48. The Morgan fingerprint density at radius 2 is 1.81 bits per heavy atom. The van der Waals surface area contributed by atoms with Crippen molar-refractivity contribution < 1.29 is 0 Å². The maximum Gasteiger partial charge on any atom is 0.0252 e. The lowest BCUT2D eigenvalue weighted by Gasteiger charge is -2.40. The Balaban J connectivity index is 1.95. The van der Waals surface area contributed by atoms with E-state index in [1.807, 2.05) is 0 Å². The van der Waals surface area contributed by atoms with Crippen molar-refractivity contribution in [3.8, 4) is 0 Å². The van der Waals surface area contributed by atoms with Crippen LogP contribution in [0.4, 0.5) is 0 Å². The van der Waals surface area contributed by atoms with Crippen molar-refractivity contribution in [3.63, 3.8) is 0 Å². The predicted molar refractivity (Wildman–Crippen MR) is 69.7 cm³/mol. The van der Waals surface area contributed by atoms with Gasteiger partial charge in [-0.3, -0.25) is 4.90 Å². The van der Waals surface area contributed by atoms with Crippen molar-refractivity contribution in [2.45, 2.75) is 76.9 Å². The summed E-state index contributed by atoms with van der Waals surface area (Å²) < 4.78 is 0. The summed E-state index contributed by atoms with van der Waals surface area (Å²) in [5.41, 5.74) is 0. The Labute approximate surface area is 101 Å². The summed E-state index contributed by atoms with van der Waals surface area (Å²) in [6, 6.07) is 2.54. The van der Waals surface area contributed by atoms with Gasteiger partial charge >= 0.3 is 0 Å². The summed E-state index contributed by atoms with van der Waals surface area (Å²) in [4.78, 5) is 2.83. The number of nitrogens with one attached hydrogen (secondary N) is 1. The highest BCUT2D eigenvalue weighted by Crippen LogP contribution is 2.33. The fourth-order valence-corrected chi connectivity index (χ4v) is 3.29. The summed E-state index contributed by atoms with van der Waals surface area (Å²) in [7, 11) is 0. The molecule has 0 heterocycles. The molecule has 16 heavy (non-hydrogen) atoms. The van der Waals surface area contributed by atoms with Gasteiger partial charge in [0.15, 0.2) is 0 Å². The van der Waals surface area contributed by atoms with E-state index in [1.165, 1.54) is 51.5 Å². The largest absolute Gasteiger partial charge is 0.313 e. The van der Waals surface area contributed by atoms with Gasteiger partial charge in [-0.1, -0.05) is 26.7 Å². The SMILES string of the molecule is CCCN(C1CC1)C1CCCCC1NCC. The third-order valence-corrected chi connectivity index (χ3v) is 4.12. The Bertz CT molecular complexity index is 199. The van der Waals surface area contributed by atoms with Crippen molar-refractivity contribution in [1.82, 2.24) is 10.2 Å². The summed E-state index contributed by atoms with van der Waals surface area (Å²) in [6.45, 7) is 7.01. The molecule has 2 unspecified atom stereocenters. The van der Waals surface area contributed by atoms with E-state index in [9.17, 15) is 0 Å². The molecule has 2 fully saturated rings. The molecule has 0 spiro atoms. The highest BCUT2D eigenvalue weighted by atomic mass is 15.2. The minimum atomic E-state index is 0.769. The minimum absolute atomic E-state index is 0.769. The van der Waals surface area contributed by atoms with Gasteiger partial charge in [0.25, 0.3) is 0 Å². The third-order valence-electron chi connectivity index (χ3n) is 4.12. The molecule has 0 aliphatic heterocycles. The number of likely N-dealkylation sites (N-methyl/N-ethyl adjacent to an activating group) is 1. The van der Waals surface area contributed by atoms with E-state index in [0.29, 0.717) is 0 Å². The quantitative estimate of drug-likeness (QED) is 0.746. The van der Waals surface area contributed by atoms with Crippen LogP contribution in [-0.4, -0.2) is 36.1 Å². The molecule has 0 aromatic rings. The molecule has 2 aliphatic rings. The lowest BCUT2D eigenvalue weighted by molar-refractivity contribution is 0.114. The van der Waals surface area contributed by atoms with E-state index >= 15 is 0 Å². The first-order chi connectivity index (χ1) is 7.86. The van der Waals surface area contributed by atoms with Gasteiger partial charge in [-0.15, -0.1) is 0 Å². The zero-order chi connectivity index (χ0) is 11.4. The van der Waals surface area contributed by atoms with Gasteiger partial charge in [0.05, 0.1) is 0 Å². The average molecular weight is 224 g/mol. The van der Waals surface area contributed by atoms with Gasteiger partial charge in [-0.05, 0) is 45.2 Å². The molecule has 2 aliphatic carbocycles. The molecular formula is C14H28N2. The highest BCUT2D eigenvalue weighted by molar-refractivity contribution is 4.95. The zero-order valence-corrected chi connectivity index (χ0v) is 11.0. The summed E-state index contributed by atoms with van der Waals surface area (Å²) >= 11 is 0. The van der Waals surface area contributed by atoms with Crippen molar-refractivity contribution in [2.75, 3.05) is 13.1 Å². The molecular weight excluding hydrogens is 196 g/mol. The maximum absolute atomic E-state index is 3.71. The number of rotatable bonds is 6. The van der Waals surface area contributed by atoms with Crippen molar-refractivity contribution in [3.05, 3.63) is 0 Å². The molecule has 0 aromatic carbocycles. The van der Waals surface area contributed by atoms with Crippen molar-refractivity contribution in [2.24, 2.45) is 0 Å². The van der Waals surface area contributed by atoms with Crippen molar-refractivity contribution >= 4 is 0 Å². The van der Waals surface area contributed by atoms with Gasteiger partial charge in [0.2, 0.25) is 0 Å². The van der Waals surface area contributed by atoms with E-state index in [2.05, 4.69) is 24.1 Å². The van der Waals surface area contributed by atoms with Crippen LogP contribution in [0.25, 0.3) is 0 Å². The predicted octanol–water partition coefficient (Wildman–Crippen LogP) is 2.78. The van der Waals surface area contributed by atoms with Crippen LogP contribution in [0.2, 0.25) is 0 Å². The van der Waals surface area contributed by atoms with Gasteiger partial charge in [-0.2, -0.15) is 0 Å². The van der Waals surface area contributed by atoms with Crippen LogP contribution in [0.1, 0.15) is 58.8 Å². The number of hydrogen-bond donors (Lipinski definition) is 1. The van der Waals surface area contributed by atoms with E-state index in [0.717, 1.165) is 24.7 Å². The maximum atomic E-state index is 3.71. The molecule has 0 radical (unpaired) electrons. The van der Waals surface area contributed by atoms with Crippen LogP contribution in [0.3, 0.4) is 0 Å². The average Bonchev–Trinajstić information content (AvgIpc) is 3.11. The first-order valence-corrected chi connectivity index (χ1v) is 7.36. The lowest BCUT2D eigenvalue weighted by Crippen LogP contribution is -2.52. The molecule has 2 nitrogen and oxygen atoms in total. The summed E-state index contributed by atoms with van der Waals surface area (Å²) in [5.74, 6) is 0. The number of hydrogen-bond acceptors (Lipinski definition) is 2. The molecule has 0 aromatic heterocycles. The smallest absolute Gasteiger partial charge is 0.0252 e. The standard InChI is InChI=1S/C14H28N2/c1-3-11-16(12-9-10-12)14-8-6-5-7-13(14)15-4-2/h12-15H,3-11H2,1-2H3. The second-order valence-electron chi connectivity index (χ2n) is 5.48. The molecule has 94 valence electrons. The van der Waals surface area contributed by atoms with Crippen molar-refractivity contribution in [1.29, 1.82) is 0 Å². The minimum Gasteiger partial charge on any atom is -0.313 e. The first-order valence-electron chi connectivity index (χ1n) is 7.36. The van der Waals surface area contributed by atoms with E-state index in [-0.39, 0.29) is 0 Å². The van der Waals surface area contributed by atoms with Crippen LogP contribution >= 0.6 is 0 Å². The summed E-state index contributed by atoms with van der Waals surface area (Å²) in [6.07, 6.45) is 9.91. The van der Waals surface area contributed by atoms with Crippen LogP contribution in [0, 0.1) is 0 Å². The zero-order valence-electron chi connectivity index (χ0n) is 11.0. The van der Waals surface area contributed by atoms with Gasteiger partial charge < -0.3 is 5.32 Å². The van der Waals surface area contributed by atoms with E-state index < -0.39 is 0 Å².